The first-order valence-corrected chi connectivity index (χ1v) is 13.5. The average Bonchev–Trinajstić information content (AvgIpc) is 3.04. The van der Waals surface area contributed by atoms with Gasteiger partial charge in [-0.1, -0.05) is 39.8 Å². The van der Waals surface area contributed by atoms with Crippen molar-refractivity contribution < 1.29 is 25.5 Å². The highest BCUT2D eigenvalue weighted by Crippen LogP contribution is 2.68. The molecule has 0 aromatic carbocycles. The SMILES string of the molecule is C=C(CC[C@@H](C)[C@H]1C[C@@H](O)[C@@H]2[C@@H]3C[C@H](O)[C@@H]4[C@@H](O)[C@@H](O)CC[C@]4(C)[C@H]3CC[C@@]21C)[C@@H](C)CO. The van der Waals surface area contributed by atoms with E-state index in [2.05, 4.69) is 27.4 Å². The Morgan fingerprint density at radius 3 is 2.21 bits per heavy atom. The van der Waals surface area contributed by atoms with Gasteiger partial charge in [0, 0.05) is 12.5 Å². The van der Waals surface area contributed by atoms with Crippen molar-refractivity contribution in [2.45, 2.75) is 103 Å². The van der Waals surface area contributed by atoms with Gasteiger partial charge >= 0.3 is 0 Å². The smallest absolute Gasteiger partial charge is 0.0857 e. The molecule has 190 valence electrons. The molecule has 33 heavy (non-hydrogen) atoms. The number of fused-ring (bicyclic) bond motifs is 5. The van der Waals surface area contributed by atoms with Gasteiger partial charge in [0.05, 0.1) is 24.4 Å². The Morgan fingerprint density at radius 1 is 0.909 bits per heavy atom. The third kappa shape index (κ3) is 4.04. The molecule has 5 heteroatoms. The van der Waals surface area contributed by atoms with E-state index in [0.717, 1.165) is 44.1 Å². The summed E-state index contributed by atoms with van der Waals surface area (Å²) < 4.78 is 0. The summed E-state index contributed by atoms with van der Waals surface area (Å²) in [5, 5.41) is 53.1. The maximum Gasteiger partial charge on any atom is 0.0857 e. The molecule has 5 N–H and O–H groups in total. The summed E-state index contributed by atoms with van der Waals surface area (Å²) in [6, 6.07) is 0. The summed E-state index contributed by atoms with van der Waals surface area (Å²) in [6.45, 7) is 13.3. The molecule has 4 saturated carbocycles. The molecule has 4 aliphatic rings. The minimum atomic E-state index is -0.858. The molecule has 0 spiro atoms. The first-order chi connectivity index (χ1) is 15.5. The van der Waals surface area contributed by atoms with Gasteiger partial charge in [-0.25, -0.2) is 0 Å². The predicted molar refractivity (Wildman–Crippen MR) is 129 cm³/mol. The Morgan fingerprint density at radius 2 is 1.55 bits per heavy atom. The highest BCUT2D eigenvalue weighted by atomic mass is 16.3. The van der Waals surface area contributed by atoms with Crippen LogP contribution in [0, 0.1) is 52.3 Å². The van der Waals surface area contributed by atoms with Crippen LogP contribution >= 0.6 is 0 Å². The van der Waals surface area contributed by atoms with Crippen LogP contribution in [0.25, 0.3) is 0 Å². The van der Waals surface area contributed by atoms with Crippen molar-refractivity contribution in [1.82, 2.24) is 0 Å². The fraction of sp³-hybridized carbons (Fsp3) is 0.929. The van der Waals surface area contributed by atoms with E-state index < -0.39 is 18.3 Å². The molecule has 13 atom stereocenters. The minimum absolute atomic E-state index is 0.0552. The van der Waals surface area contributed by atoms with Crippen LogP contribution in [0.3, 0.4) is 0 Å². The van der Waals surface area contributed by atoms with Gasteiger partial charge in [-0.2, -0.15) is 0 Å². The second-order valence-electron chi connectivity index (χ2n) is 12.9. The third-order valence-corrected chi connectivity index (χ3v) is 11.3. The quantitative estimate of drug-likeness (QED) is 0.387. The standard InChI is InChI=1S/C28H48O5/c1-15(17(3)14-29)6-7-16(2)20-13-23(32)24-18-12-22(31)25-26(33)21(30)9-11-27(25,4)19(18)8-10-28(20,24)5/h16-26,29-33H,1,6-14H2,2-5H3/t16-,17+,18-,19+,20-,21+,22+,23-,24+,25-,26+,27-,28-/m1/s1. The monoisotopic (exact) mass is 464 g/mol. The lowest BCUT2D eigenvalue weighted by Gasteiger charge is -2.63. The van der Waals surface area contributed by atoms with Gasteiger partial charge in [-0.3, -0.25) is 0 Å². The first-order valence-electron chi connectivity index (χ1n) is 13.5. The van der Waals surface area contributed by atoms with Gasteiger partial charge in [0.1, 0.15) is 0 Å². The molecular weight excluding hydrogens is 416 g/mol. The maximum atomic E-state index is 11.4. The molecule has 0 heterocycles. The second kappa shape index (κ2) is 9.20. The summed E-state index contributed by atoms with van der Waals surface area (Å²) in [4.78, 5) is 0. The Bertz CT molecular complexity index is 725. The Balaban J connectivity index is 1.54. The molecule has 0 radical (unpaired) electrons. The van der Waals surface area contributed by atoms with Crippen LogP contribution < -0.4 is 0 Å². The van der Waals surface area contributed by atoms with Crippen molar-refractivity contribution in [3.05, 3.63) is 12.2 Å². The fourth-order valence-corrected chi connectivity index (χ4v) is 9.37. The molecule has 0 amide bonds. The van der Waals surface area contributed by atoms with Crippen molar-refractivity contribution in [2.24, 2.45) is 52.3 Å². The molecule has 4 aliphatic carbocycles. The van der Waals surface area contributed by atoms with Crippen LogP contribution in [-0.2, 0) is 0 Å². The second-order valence-corrected chi connectivity index (χ2v) is 12.9. The molecule has 0 aromatic heterocycles. The van der Waals surface area contributed by atoms with Crippen LogP contribution in [0.1, 0.15) is 79.1 Å². The maximum absolute atomic E-state index is 11.4. The van der Waals surface area contributed by atoms with Crippen molar-refractivity contribution in [2.75, 3.05) is 6.61 Å². The van der Waals surface area contributed by atoms with E-state index in [1.165, 1.54) is 0 Å². The van der Waals surface area contributed by atoms with Gasteiger partial charge < -0.3 is 25.5 Å². The Labute approximate surface area is 200 Å². The van der Waals surface area contributed by atoms with Crippen LogP contribution in [0.5, 0.6) is 0 Å². The molecule has 0 aliphatic heterocycles. The van der Waals surface area contributed by atoms with Crippen LogP contribution in [-0.4, -0.2) is 56.6 Å². The zero-order valence-corrected chi connectivity index (χ0v) is 21.2. The lowest BCUT2D eigenvalue weighted by Crippen LogP contribution is -2.63. The van der Waals surface area contributed by atoms with E-state index in [-0.39, 0.29) is 47.2 Å². The average molecular weight is 465 g/mol. The summed E-state index contributed by atoms with van der Waals surface area (Å²) in [6.07, 6.45) is 4.39. The normalized spacial score (nSPS) is 51.2. The summed E-state index contributed by atoms with van der Waals surface area (Å²) in [5.41, 5.74) is 0.976. The van der Waals surface area contributed by atoms with Gasteiger partial charge in [0.15, 0.2) is 0 Å². The highest BCUT2D eigenvalue weighted by molar-refractivity contribution is 5.15. The number of hydrogen-bond acceptors (Lipinski definition) is 5. The largest absolute Gasteiger partial charge is 0.396 e. The van der Waals surface area contributed by atoms with Crippen molar-refractivity contribution in [1.29, 1.82) is 0 Å². The van der Waals surface area contributed by atoms with Crippen molar-refractivity contribution >= 4 is 0 Å². The zero-order chi connectivity index (χ0) is 24.3. The van der Waals surface area contributed by atoms with E-state index in [0.29, 0.717) is 30.6 Å². The number of rotatable bonds is 6. The van der Waals surface area contributed by atoms with Crippen LogP contribution in [0.4, 0.5) is 0 Å². The van der Waals surface area contributed by atoms with Crippen LogP contribution in [0.2, 0.25) is 0 Å². The van der Waals surface area contributed by atoms with Gasteiger partial charge in [-0.15, -0.1) is 0 Å². The topological polar surface area (TPSA) is 101 Å². The molecular formula is C28H48O5. The summed E-state index contributed by atoms with van der Waals surface area (Å²) >= 11 is 0. The van der Waals surface area contributed by atoms with E-state index in [9.17, 15) is 25.5 Å². The van der Waals surface area contributed by atoms with Gasteiger partial charge in [0.25, 0.3) is 0 Å². The number of aliphatic hydroxyl groups excluding tert-OH is 5. The molecule has 0 unspecified atom stereocenters. The van der Waals surface area contributed by atoms with E-state index in [4.69, 9.17) is 0 Å². The summed E-state index contributed by atoms with van der Waals surface area (Å²) in [5.74, 6) is 1.58. The van der Waals surface area contributed by atoms with E-state index in [1.54, 1.807) is 0 Å². The predicted octanol–water partition coefficient (Wildman–Crippen LogP) is 3.52. The van der Waals surface area contributed by atoms with E-state index in [1.807, 2.05) is 6.92 Å². The minimum Gasteiger partial charge on any atom is -0.396 e. The third-order valence-electron chi connectivity index (χ3n) is 11.3. The molecule has 0 bridgehead atoms. The number of aliphatic hydroxyl groups is 5. The lowest BCUT2D eigenvalue weighted by atomic mass is 9.43. The Kier molecular flexibility index (Phi) is 7.15. The molecule has 4 fully saturated rings. The highest BCUT2D eigenvalue weighted by Gasteiger charge is 2.65. The Hall–Kier alpha value is -0.460. The van der Waals surface area contributed by atoms with Gasteiger partial charge in [0.2, 0.25) is 0 Å². The zero-order valence-electron chi connectivity index (χ0n) is 21.2. The molecule has 0 saturated heterocycles. The van der Waals surface area contributed by atoms with Crippen LogP contribution in [0.15, 0.2) is 12.2 Å². The lowest BCUT2D eigenvalue weighted by molar-refractivity contribution is -0.217. The molecule has 4 rings (SSSR count). The molecule has 0 aromatic rings. The number of hydrogen-bond donors (Lipinski definition) is 5. The van der Waals surface area contributed by atoms with E-state index >= 15 is 0 Å². The summed E-state index contributed by atoms with van der Waals surface area (Å²) in [7, 11) is 0. The van der Waals surface area contributed by atoms with Gasteiger partial charge in [-0.05, 0) is 97.7 Å². The first kappa shape index (κ1) is 25.6. The van der Waals surface area contributed by atoms with Crippen molar-refractivity contribution in [3.8, 4) is 0 Å². The van der Waals surface area contributed by atoms with Crippen molar-refractivity contribution in [3.63, 3.8) is 0 Å². The molecule has 5 nitrogen and oxygen atoms in total. The fourth-order valence-electron chi connectivity index (χ4n) is 9.37.